The first-order chi connectivity index (χ1) is 9.12. The summed E-state index contributed by atoms with van der Waals surface area (Å²) >= 11 is 0. The molecule has 0 aromatic rings. The predicted molar refractivity (Wildman–Crippen MR) is 79.3 cm³/mol. The summed E-state index contributed by atoms with van der Waals surface area (Å²) in [7, 11) is -1.85. The molecule has 0 bridgehead atoms. The van der Waals surface area contributed by atoms with Crippen molar-refractivity contribution in [3.05, 3.63) is 0 Å². The van der Waals surface area contributed by atoms with Gasteiger partial charge in [-0.2, -0.15) is 4.31 Å². The number of amidine groups is 1. The maximum atomic E-state index is 12.3. The van der Waals surface area contributed by atoms with Crippen LogP contribution in [0.1, 0.15) is 33.6 Å². The van der Waals surface area contributed by atoms with Crippen molar-refractivity contribution in [3.63, 3.8) is 0 Å². The van der Waals surface area contributed by atoms with Gasteiger partial charge < -0.3 is 15.7 Å². The van der Waals surface area contributed by atoms with Crippen LogP contribution >= 0.6 is 0 Å². The van der Waals surface area contributed by atoms with Crippen molar-refractivity contribution in [3.8, 4) is 0 Å². The number of sulfonamides is 1. The van der Waals surface area contributed by atoms with E-state index in [0.717, 1.165) is 0 Å². The molecule has 0 amide bonds. The Kier molecular flexibility index (Phi) is 8.07. The Balaban J connectivity index is 4.72. The molecular formula is C12H27N3O4S. The molecule has 0 heterocycles. The van der Waals surface area contributed by atoms with Gasteiger partial charge in [0.2, 0.25) is 10.0 Å². The molecule has 0 unspecified atom stereocenters. The minimum absolute atomic E-state index is 0.0124. The van der Waals surface area contributed by atoms with E-state index in [1.165, 1.54) is 11.4 Å². The molecule has 3 N–H and O–H groups in total. The Labute approximate surface area is 121 Å². The second-order valence-electron chi connectivity index (χ2n) is 5.86. The second kappa shape index (κ2) is 8.43. The fourth-order valence-corrected chi connectivity index (χ4v) is 3.29. The molecule has 120 valence electrons. The Morgan fingerprint density at radius 2 is 1.95 bits per heavy atom. The summed E-state index contributed by atoms with van der Waals surface area (Å²) in [6.07, 6.45) is 0.761. The van der Waals surface area contributed by atoms with Crippen LogP contribution < -0.4 is 5.73 Å². The normalized spacial score (nSPS) is 13.9. The number of ether oxygens (including phenoxy) is 1. The minimum atomic E-state index is -3.37. The Hall–Kier alpha value is -0.860. The quantitative estimate of drug-likeness (QED) is 0.284. The fraction of sp³-hybridized carbons (Fsp3) is 0.917. The van der Waals surface area contributed by atoms with Crippen molar-refractivity contribution in [2.45, 2.75) is 33.6 Å². The van der Waals surface area contributed by atoms with Crippen LogP contribution in [-0.2, 0) is 14.8 Å². The summed E-state index contributed by atoms with van der Waals surface area (Å²) in [5.74, 6) is 0.0922. The maximum Gasteiger partial charge on any atom is 0.214 e. The van der Waals surface area contributed by atoms with E-state index in [4.69, 9.17) is 15.7 Å². The van der Waals surface area contributed by atoms with E-state index in [-0.39, 0.29) is 36.5 Å². The monoisotopic (exact) mass is 309 g/mol. The molecule has 8 heteroatoms. The highest BCUT2D eigenvalue weighted by molar-refractivity contribution is 7.89. The van der Waals surface area contributed by atoms with Crippen molar-refractivity contribution in [2.24, 2.45) is 16.3 Å². The van der Waals surface area contributed by atoms with Crippen molar-refractivity contribution in [1.29, 1.82) is 0 Å². The van der Waals surface area contributed by atoms with Gasteiger partial charge in [-0.05, 0) is 11.8 Å². The molecule has 0 rings (SSSR count). The topological polar surface area (TPSA) is 105 Å². The van der Waals surface area contributed by atoms with Crippen molar-refractivity contribution in [2.75, 3.05) is 32.6 Å². The molecule has 0 saturated heterocycles. The van der Waals surface area contributed by atoms with Gasteiger partial charge >= 0.3 is 0 Å². The molecule has 0 aliphatic carbocycles. The lowest BCUT2D eigenvalue weighted by molar-refractivity contribution is 0.179. The third-order valence-electron chi connectivity index (χ3n) is 2.79. The van der Waals surface area contributed by atoms with Gasteiger partial charge in [-0.3, -0.25) is 0 Å². The number of nitrogens with two attached hydrogens (primary N) is 1. The largest absolute Gasteiger partial charge is 0.409 e. The van der Waals surface area contributed by atoms with Gasteiger partial charge in [0.1, 0.15) is 5.84 Å². The van der Waals surface area contributed by atoms with Crippen LogP contribution in [0.4, 0.5) is 0 Å². The predicted octanol–water partition coefficient (Wildman–Crippen LogP) is 0.837. The second-order valence-corrected chi connectivity index (χ2v) is 7.95. The highest BCUT2D eigenvalue weighted by Gasteiger charge is 2.24. The summed E-state index contributed by atoms with van der Waals surface area (Å²) in [6, 6.07) is 0. The number of hydrogen-bond acceptors (Lipinski definition) is 5. The van der Waals surface area contributed by atoms with E-state index in [0.29, 0.717) is 13.0 Å². The Morgan fingerprint density at radius 3 is 2.40 bits per heavy atom. The molecular weight excluding hydrogens is 282 g/mol. The van der Waals surface area contributed by atoms with Crippen molar-refractivity contribution < 1.29 is 18.4 Å². The smallest absolute Gasteiger partial charge is 0.214 e. The van der Waals surface area contributed by atoms with E-state index in [1.54, 1.807) is 0 Å². The van der Waals surface area contributed by atoms with Crippen LogP contribution in [0.25, 0.3) is 0 Å². The van der Waals surface area contributed by atoms with E-state index in [9.17, 15) is 8.42 Å². The van der Waals surface area contributed by atoms with Gasteiger partial charge in [-0.1, -0.05) is 25.9 Å². The molecule has 0 fully saturated rings. The van der Waals surface area contributed by atoms with E-state index in [2.05, 4.69) is 5.16 Å². The third-order valence-corrected chi connectivity index (χ3v) is 4.67. The van der Waals surface area contributed by atoms with Crippen molar-refractivity contribution >= 4 is 15.9 Å². The molecule has 0 radical (unpaired) electrons. The first kappa shape index (κ1) is 19.1. The molecule has 0 saturated carbocycles. The number of rotatable bonds is 9. The lowest BCUT2D eigenvalue weighted by atomic mass is 9.94. The average molecular weight is 309 g/mol. The first-order valence-corrected chi connectivity index (χ1v) is 8.16. The maximum absolute atomic E-state index is 12.3. The fourth-order valence-electron chi connectivity index (χ4n) is 1.44. The van der Waals surface area contributed by atoms with Crippen LogP contribution in [0, 0.1) is 5.41 Å². The summed E-state index contributed by atoms with van der Waals surface area (Å²) in [5, 5.41) is 11.4. The first-order valence-electron chi connectivity index (χ1n) is 6.55. The summed E-state index contributed by atoms with van der Waals surface area (Å²) in [5.41, 5.74) is 5.33. The number of hydrogen-bond donors (Lipinski definition) is 2. The van der Waals surface area contributed by atoms with Gasteiger partial charge in [0.05, 0.1) is 12.4 Å². The van der Waals surface area contributed by atoms with Gasteiger partial charge in [0, 0.05) is 26.6 Å². The molecule has 0 aromatic heterocycles. The molecule has 0 aliphatic rings. The number of nitrogens with zero attached hydrogens (tertiary/aromatic N) is 2. The lowest BCUT2D eigenvalue weighted by Gasteiger charge is -2.24. The zero-order chi connectivity index (χ0) is 15.8. The molecule has 7 nitrogen and oxygen atoms in total. The molecule has 0 aromatic carbocycles. The SMILES string of the molecule is COCCN(CCC(N)=NO)S(=O)(=O)CCC(C)(C)C. The number of oxime groups is 1. The lowest BCUT2D eigenvalue weighted by Crippen LogP contribution is -2.38. The molecule has 0 aliphatic heterocycles. The summed E-state index contributed by atoms with van der Waals surface area (Å²) < 4.78 is 30.9. The average Bonchev–Trinajstić information content (AvgIpc) is 2.35. The highest BCUT2D eigenvalue weighted by atomic mass is 32.2. The van der Waals surface area contributed by atoms with Crippen LogP contribution in [0.2, 0.25) is 0 Å². The summed E-state index contributed by atoms with van der Waals surface area (Å²) in [4.78, 5) is 0. The van der Waals surface area contributed by atoms with Crippen LogP contribution in [0.5, 0.6) is 0 Å². The van der Waals surface area contributed by atoms with Crippen LogP contribution in [0.3, 0.4) is 0 Å². The molecule has 20 heavy (non-hydrogen) atoms. The van der Waals surface area contributed by atoms with Gasteiger partial charge in [0.25, 0.3) is 0 Å². The van der Waals surface area contributed by atoms with Crippen LogP contribution in [-0.4, -0.2) is 56.3 Å². The Bertz CT molecular complexity index is 401. The molecule has 0 spiro atoms. The summed E-state index contributed by atoms with van der Waals surface area (Å²) in [6.45, 7) is 6.76. The zero-order valence-electron chi connectivity index (χ0n) is 12.8. The number of methoxy groups -OCH3 is 1. The van der Waals surface area contributed by atoms with Gasteiger partial charge in [0.15, 0.2) is 0 Å². The van der Waals surface area contributed by atoms with Crippen molar-refractivity contribution in [1.82, 2.24) is 4.31 Å². The standard InChI is InChI=1S/C12H27N3O4S/c1-12(2,3)6-10-20(17,18)15(8-9-19-4)7-5-11(13)14-16/h16H,5-10H2,1-4H3,(H2,13,14). The zero-order valence-corrected chi connectivity index (χ0v) is 13.6. The van der Waals surface area contributed by atoms with E-state index >= 15 is 0 Å². The highest BCUT2D eigenvalue weighted by Crippen LogP contribution is 2.20. The third kappa shape index (κ3) is 8.34. The van der Waals surface area contributed by atoms with Gasteiger partial charge in [-0.25, -0.2) is 8.42 Å². The van der Waals surface area contributed by atoms with Gasteiger partial charge in [-0.15, -0.1) is 0 Å². The minimum Gasteiger partial charge on any atom is -0.409 e. The Morgan fingerprint density at radius 1 is 1.35 bits per heavy atom. The van der Waals surface area contributed by atoms with E-state index in [1.807, 2.05) is 20.8 Å². The van der Waals surface area contributed by atoms with E-state index < -0.39 is 10.0 Å². The molecule has 0 atom stereocenters. The van der Waals surface area contributed by atoms with Crippen LogP contribution in [0.15, 0.2) is 5.16 Å².